The van der Waals surface area contributed by atoms with Crippen molar-refractivity contribution >= 4 is 30.0 Å². The number of rotatable bonds is 10. The zero-order chi connectivity index (χ0) is 25.5. The topological polar surface area (TPSA) is 122 Å². The molecule has 10 heteroatoms. The maximum atomic E-state index is 13.1. The smallest absolute Gasteiger partial charge is 0.261 e. The Morgan fingerprint density at radius 3 is 2.65 bits per heavy atom. The van der Waals surface area contributed by atoms with E-state index in [0.29, 0.717) is 25.2 Å². The second-order valence-corrected chi connectivity index (χ2v) is 7.02. The van der Waals surface area contributed by atoms with Gasteiger partial charge in [0.25, 0.3) is 11.5 Å². The molecule has 1 aromatic heterocycles. The summed E-state index contributed by atoms with van der Waals surface area (Å²) in [6.07, 6.45) is 8.80. The Labute approximate surface area is 198 Å². The molecule has 34 heavy (non-hydrogen) atoms. The van der Waals surface area contributed by atoms with Gasteiger partial charge in [0.15, 0.2) is 0 Å². The maximum Gasteiger partial charge on any atom is 0.261 e. The number of aliphatic imine (C=N–C) groups is 1. The minimum Gasteiger partial charge on any atom is -0.464 e. The van der Waals surface area contributed by atoms with Gasteiger partial charge in [-0.1, -0.05) is 12.7 Å². The van der Waals surface area contributed by atoms with Gasteiger partial charge in [0.2, 0.25) is 5.91 Å². The van der Waals surface area contributed by atoms with E-state index < -0.39 is 11.5 Å². The fraction of sp³-hybridized carbons (Fsp3) is 0.333. The summed E-state index contributed by atoms with van der Waals surface area (Å²) in [5.41, 5.74) is -0.135. The molecule has 0 saturated heterocycles. The number of ether oxygens (including phenoxy) is 2. The summed E-state index contributed by atoms with van der Waals surface area (Å²) in [5.74, 6) is -0.388. The van der Waals surface area contributed by atoms with E-state index >= 15 is 0 Å². The van der Waals surface area contributed by atoms with Crippen LogP contribution in [0, 0.1) is 5.92 Å². The van der Waals surface area contributed by atoms with Gasteiger partial charge in [-0.3, -0.25) is 19.4 Å². The highest BCUT2D eigenvalue weighted by molar-refractivity contribution is 5.95. The van der Waals surface area contributed by atoms with Crippen LogP contribution >= 0.6 is 0 Å². The Morgan fingerprint density at radius 1 is 1.41 bits per heavy atom. The van der Waals surface area contributed by atoms with Gasteiger partial charge < -0.3 is 25.1 Å². The molecule has 3 N–H and O–H groups in total. The number of hydrogen-bond donors (Lipinski definition) is 3. The molecule has 0 radical (unpaired) electrons. The highest BCUT2D eigenvalue weighted by atomic mass is 19.1. The van der Waals surface area contributed by atoms with Crippen LogP contribution in [0.15, 0.2) is 58.8 Å². The molecule has 0 aliphatic heterocycles. The molecule has 0 aromatic carbocycles. The van der Waals surface area contributed by atoms with Crippen LogP contribution < -0.4 is 16.2 Å². The molecule has 2 rings (SSSR count). The quantitative estimate of drug-likeness (QED) is 0.273. The van der Waals surface area contributed by atoms with Crippen LogP contribution in [0.1, 0.15) is 35.8 Å². The Balaban J connectivity index is 0.00000104. The van der Waals surface area contributed by atoms with Crippen LogP contribution in [0.25, 0.3) is 5.76 Å². The van der Waals surface area contributed by atoms with Crippen molar-refractivity contribution in [3.8, 4) is 0 Å². The van der Waals surface area contributed by atoms with Crippen molar-refractivity contribution in [2.45, 2.75) is 19.8 Å². The third-order valence-electron chi connectivity index (χ3n) is 4.59. The molecule has 1 aliphatic carbocycles. The molecular formula is C24H31FN4O5. The minimum absolute atomic E-state index is 0.00463. The number of nitrogens with one attached hydrogen (secondary N) is 3. The molecule has 184 valence electrons. The van der Waals surface area contributed by atoms with Gasteiger partial charge in [0.1, 0.15) is 22.8 Å². The summed E-state index contributed by atoms with van der Waals surface area (Å²) in [6, 6.07) is 1.35. The highest BCUT2D eigenvalue weighted by Crippen LogP contribution is 2.28. The summed E-state index contributed by atoms with van der Waals surface area (Å²) in [6.45, 7) is 9.11. The van der Waals surface area contributed by atoms with Crippen LogP contribution in [0.4, 0.5) is 10.1 Å². The lowest BCUT2D eigenvalue weighted by Crippen LogP contribution is -2.32. The van der Waals surface area contributed by atoms with Gasteiger partial charge >= 0.3 is 0 Å². The summed E-state index contributed by atoms with van der Waals surface area (Å²) in [7, 11) is 3.11. The molecule has 1 aromatic rings. The van der Waals surface area contributed by atoms with Crippen molar-refractivity contribution in [1.29, 1.82) is 0 Å². The number of carbonyl (C=O) groups excluding carboxylic acids is 2. The number of nitrogens with zero attached hydrogens (tertiary/aromatic N) is 1. The van der Waals surface area contributed by atoms with Gasteiger partial charge in [-0.25, -0.2) is 4.39 Å². The summed E-state index contributed by atoms with van der Waals surface area (Å²) >= 11 is 0. The normalized spacial score (nSPS) is 14.8. The fourth-order valence-corrected chi connectivity index (χ4v) is 2.73. The first kappa shape index (κ1) is 28.2. The Kier molecular flexibility index (Phi) is 12.6. The van der Waals surface area contributed by atoms with Crippen molar-refractivity contribution in [1.82, 2.24) is 15.6 Å². The number of H-pyrrole nitrogens is 1. The first-order valence-corrected chi connectivity index (χ1v) is 10.5. The number of allylic oxidation sites excluding steroid dienone is 5. The van der Waals surface area contributed by atoms with Gasteiger partial charge in [0, 0.05) is 27.6 Å². The average Bonchev–Trinajstić information content (AvgIpc) is 2.83. The number of amides is 2. The van der Waals surface area contributed by atoms with Crippen molar-refractivity contribution in [3.63, 3.8) is 0 Å². The first-order valence-electron chi connectivity index (χ1n) is 10.5. The number of carbonyl (C=O) groups is 2. The monoisotopic (exact) mass is 474 g/mol. The fourth-order valence-electron chi connectivity index (χ4n) is 2.73. The predicted molar refractivity (Wildman–Crippen MR) is 131 cm³/mol. The summed E-state index contributed by atoms with van der Waals surface area (Å²) in [4.78, 5) is 40.9. The van der Waals surface area contributed by atoms with Crippen LogP contribution in [0.5, 0.6) is 0 Å². The molecule has 9 nitrogen and oxygen atoms in total. The summed E-state index contributed by atoms with van der Waals surface area (Å²) in [5, 5.41) is 4.97. The number of methoxy groups -OCH3 is 1. The number of aromatic nitrogens is 1. The Hall–Kier alpha value is -3.79. The average molecular weight is 475 g/mol. The number of aromatic amines is 1. The Bertz CT molecular complexity index is 1030. The van der Waals surface area contributed by atoms with Crippen LogP contribution in [0.2, 0.25) is 0 Å². The molecule has 1 heterocycles. The SMILES string of the molecule is C=CO/C(=C\CC1C=CC(F)=CC1)c1[nH]c(=O)c(C(=O)NCCOC)cc1N=C.CNC(C)=O. The van der Waals surface area contributed by atoms with Gasteiger partial charge in [-0.05, 0) is 49.8 Å². The van der Waals surface area contributed by atoms with Crippen molar-refractivity contribution in [3.05, 3.63) is 70.6 Å². The van der Waals surface area contributed by atoms with E-state index in [1.807, 2.05) is 0 Å². The molecule has 1 atom stereocenters. The van der Waals surface area contributed by atoms with Crippen LogP contribution in [0.3, 0.4) is 0 Å². The van der Waals surface area contributed by atoms with Crippen molar-refractivity contribution in [2.75, 3.05) is 27.3 Å². The molecular weight excluding hydrogens is 443 g/mol. The lowest BCUT2D eigenvalue weighted by Gasteiger charge is -2.14. The lowest BCUT2D eigenvalue weighted by molar-refractivity contribution is -0.118. The molecule has 0 bridgehead atoms. The highest BCUT2D eigenvalue weighted by Gasteiger charge is 2.18. The van der Waals surface area contributed by atoms with Crippen LogP contribution in [-0.2, 0) is 14.3 Å². The molecule has 0 saturated carbocycles. The van der Waals surface area contributed by atoms with E-state index in [9.17, 15) is 18.8 Å². The van der Waals surface area contributed by atoms with E-state index in [2.05, 4.69) is 33.9 Å². The third-order valence-corrected chi connectivity index (χ3v) is 4.59. The lowest BCUT2D eigenvalue weighted by atomic mass is 9.96. The molecule has 1 unspecified atom stereocenters. The standard InChI is InChI=1S/C21H24FN3O4.C3H7NO/c1-4-29-18(10-7-14-5-8-15(22)9-6-14)19-17(23-2)13-16(21(27)25-19)20(26)24-11-12-28-3;1-3(5)4-2/h4-5,8-10,13-14H,1-2,6-7,11-12H2,3H3,(H,24,26)(H,25,27);1-2H3,(H,4,5)/b18-10-;. The molecule has 2 amide bonds. The first-order chi connectivity index (χ1) is 16.3. The number of hydrogen-bond acceptors (Lipinski definition) is 6. The van der Waals surface area contributed by atoms with Crippen LogP contribution in [-0.4, -0.2) is 50.8 Å². The molecule has 0 fully saturated rings. The third kappa shape index (κ3) is 9.37. The van der Waals surface area contributed by atoms with Crippen molar-refractivity contribution < 1.29 is 23.5 Å². The molecule has 0 spiro atoms. The van der Waals surface area contributed by atoms with E-state index in [4.69, 9.17) is 9.47 Å². The van der Waals surface area contributed by atoms with Gasteiger partial charge in [-0.2, -0.15) is 0 Å². The Morgan fingerprint density at radius 2 is 2.12 bits per heavy atom. The van der Waals surface area contributed by atoms with E-state index in [-0.39, 0.29) is 41.1 Å². The second-order valence-electron chi connectivity index (χ2n) is 7.02. The minimum atomic E-state index is -0.594. The van der Waals surface area contributed by atoms with Gasteiger partial charge in [-0.15, -0.1) is 0 Å². The van der Waals surface area contributed by atoms with E-state index in [0.717, 1.165) is 0 Å². The second kappa shape index (κ2) is 15.1. The summed E-state index contributed by atoms with van der Waals surface area (Å²) < 4.78 is 23.4. The molecule has 1 aliphatic rings. The zero-order valence-corrected chi connectivity index (χ0v) is 19.7. The van der Waals surface area contributed by atoms with E-state index in [1.54, 1.807) is 19.2 Å². The number of halogens is 1. The maximum absolute atomic E-state index is 13.1. The largest absolute Gasteiger partial charge is 0.464 e. The van der Waals surface area contributed by atoms with E-state index in [1.165, 1.54) is 38.5 Å². The zero-order valence-electron chi connectivity index (χ0n) is 19.7. The van der Waals surface area contributed by atoms with Gasteiger partial charge in [0.05, 0.1) is 18.6 Å². The van der Waals surface area contributed by atoms with Crippen molar-refractivity contribution in [2.24, 2.45) is 10.9 Å². The predicted octanol–water partition coefficient (Wildman–Crippen LogP) is 3.16. The number of pyridine rings is 1.